The summed E-state index contributed by atoms with van der Waals surface area (Å²) in [6.45, 7) is 10.1. The molecule has 0 spiro atoms. The van der Waals surface area contributed by atoms with Crippen molar-refractivity contribution in [2.45, 2.75) is 37.6 Å². The number of benzene rings is 1. The normalized spacial score (nSPS) is 25.5. The molecule has 1 atom stereocenters. The predicted octanol–water partition coefficient (Wildman–Crippen LogP) is 1.76. The van der Waals surface area contributed by atoms with E-state index in [-0.39, 0.29) is 11.4 Å². The van der Waals surface area contributed by atoms with Gasteiger partial charge in [-0.05, 0) is 42.5 Å². The van der Waals surface area contributed by atoms with Gasteiger partial charge in [0.25, 0.3) is 0 Å². The summed E-state index contributed by atoms with van der Waals surface area (Å²) in [5.41, 5.74) is 6.78. The van der Waals surface area contributed by atoms with Crippen LogP contribution >= 0.6 is 0 Å². The van der Waals surface area contributed by atoms with Crippen LogP contribution in [0.3, 0.4) is 0 Å². The Kier molecular flexibility index (Phi) is 5.29. The summed E-state index contributed by atoms with van der Waals surface area (Å²) >= 11 is 0. The number of nitrogens with two attached hydrogens (primary N) is 1. The van der Waals surface area contributed by atoms with Crippen molar-refractivity contribution in [2.24, 2.45) is 5.73 Å². The second-order valence-electron chi connectivity index (χ2n) is 8.94. The Bertz CT molecular complexity index is 773. The van der Waals surface area contributed by atoms with Gasteiger partial charge in [0.15, 0.2) is 0 Å². The third-order valence-corrected chi connectivity index (χ3v) is 6.72. The Morgan fingerprint density at radius 1 is 1.17 bits per heavy atom. The number of anilines is 1. The molecule has 7 heteroatoms. The number of hydrogen-bond donors (Lipinski definition) is 1. The zero-order chi connectivity index (χ0) is 20.6. The predicted molar refractivity (Wildman–Crippen MR) is 112 cm³/mol. The number of hydrogen-bond acceptors (Lipinski definition) is 4. The number of primary amides is 1. The lowest BCUT2D eigenvalue weighted by molar-refractivity contribution is -0.124. The van der Waals surface area contributed by atoms with Gasteiger partial charge in [-0.1, -0.05) is 26.0 Å². The zero-order valence-electron chi connectivity index (χ0n) is 17.4. The molecule has 1 radical (unpaired) electrons. The minimum Gasteiger partial charge on any atom is -0.379 e. The number of rotatable bonds is 6. The van der Waals surface area contributed by atoms with Crippen LogP contribution in [-0.4, -0.2) is 73.2 Å². The first kappa shape index (κ1) is 20.2. The van der Waals surface area contributed by atoms with Gasteiger partial charge in [-0.25, -0.2) is 4.79 Å². The monoisotopic (exact) mass is 399 g/mol. The van der Waals surface area contributed by atoms with E-state index in [1.807, 2.05) is 18.6 Å². The summed E-state index contributed by atoms with van der Waals surface area (Å²) in [6, 6.07) is 8.04. The first-order valence-electron chi connectivity index (χ1n) is 10.5. The number of urea groups is 1. The van der Waals surface area contributed by atoms with E-state index in [0.717, 1.165) is 45.0 Å². The molecule has 3 heterocycles. The molecule has 0 bridgehead atoms. The molecule has 29 heavy (non-hydrogen) atoms. The number of morpholine rings is 1. The van der Waals surface area contributed by atoms with Crippen molar-refractivity contribution in [3.05, 3.63) is 36.2 Å². The molecule has 7 nitrogen and oxygen atoms in total. The molecule has 2 N–H and O–H groups in total. The third kappa shape index (κ3) is 3.62. The highest BCUT2D eigenvalue weighted by Gasteiger charge is 2.56. The highest BCUT2D eigenvalue weighted by Crippen LogP contribution is 2.38. The average molecular weight is 400 g/mol. The first-order chi connectivity index (χ1) is 13.8. The smallest absolute Gasteiger partial charge is 0.325 e. The lowest BCUT2D eigenvalue weighted by atomic mass is 9.81. The van der Waals surface area contributed by atoms with Crippen molar-refractivity contribution in [3.8, 4) is 0 Å². The van der Waals surface area contributed by atoms with Crippen LogP contribution in [0.25, 0.3) is 0 Å². The van der Waals surface area contributed by atoms with Crippen molar-refractivity contribution in [3.63, 3.8) is 0 Å². The molecular weight excluding hydrogens is 368 g/mol. The van der Waals surface area contributed by atoms with Crippen LogP contribution in [0.5, 0.6) is 0 Å². The molecule has 1 aromatic rings. The van der Waals surface area contributed by atoms with Crippen molar-refractivity contribution < 1.29 is 14.3 Å². The van der Waals surface area contributed by atoms with Crippen molar-refractivity contribution in [1.82, 2.24) is 9.80 Å². The minimum atomic E-state index is -0.965. The molecule has 3 amide bonds. The SMILES string of the molecule is CC(C)(CCN1CCOCC1)c1ccc(N2C[C@@]3(C(N)=O)[CH]CCN3C2=O)cc1. The standard InChI is InChI=1S/C22H31N4O3/c1-21(2,9-11-24-12-14-29-15-13-24)17-4-6-18(7-5-17)25-16-22(19(23)27)8-3-10-26(22)20(25)28/h4-8H,3,9-16H2,1-2H3,(H2,23,27)/t22-/m1/s1. The van der Waals surface area contributed by atoms with E-state index >= 15 is 0 Å². The van der Waals surface area contributed by atoms with E-state index in [0.29, 0.717) is 19.5 Å². The van der Waals surface area contributed by atoms with Crippen molar-refractivity contribution in [2.75, 3.05) is 50.8 Å². The number of fused-ring (bicyclic) bond motifs is 1. The summed E-state index contributed by atoms with van der Waals surface area (Å²) in [7, 11) is 0. The van der Waals surface area contributed by atoms with Crippen LogP contribution in [0.2, 0.25) is 0 Å². The van der Waals surface area contributed by atoms with Gasteiger partial charge < -0.3 is 15.4 Å². The van der Waals surface area contributed by atoms with E-state index in [9.17, 15) is 9.59 Å². The summed E-state index contributed by atoms with van der Waals surface area (Å²) in [5.74, 6) is -0.452. The molecule has 0 aromatic heterocycles. The van der Waals surface area contributed by atoms with Gasteiger partial charge >= 0.3 is 6.03 Å². The van der Waals surface area contributed by atoms with Gasteiger partial charge in [0, 0.05) is 31.7 Å². The molecule has 157 valence electrons. The molecule has 4 rings (SSSR count). The highest BCUT2D eigenvalue weighted by molar-refractivity contribution is 6.04. The maximum Gasteiger partial charge on any atom is 0.325 e. The average Bonchev–Trinajstić information content (AvgIpc) is 3.27. The van der Waals surface area contributed by atoms with E-state index in [4.69, 9.17) is 10.5 Å². The molecule has 3 fully saturated rings. The lowest BCUT2D eigenvalue weighted by Gasteiger charge is -2.32. The molecule has 3 aliphatic heterocycles. The van der Waals surface area contributed by atoms with Gasteiger partial charge in [-0.15, -0.1) is 0 Å². The maximum atomic E-state index is 12.9. The second kappa shape index (κ2) is 7.61. The molecular formula is C22H31N4O3. The van der Waals surface area contributed by atoms with Crippen molar-refractivity contribution >= 4 is 17.6 Å². The molecule has 3 aliphatic rings. The highest BCUT2D eigenvalue weighted by atomic mass is 16.5. The molecule has 1 aromatic carbocycles. The quantitative estimate of drug-likeness (QED) is 0.791. The Labute approximate surface area is 172 Å². The fourth-order valence-electron chi connectivity index (χ4n) is 4.63. The Balaban J connectivity index is 1.45. The first-order valence-corrected chi connectivity index (χ1v) is 10.5. The molecule has 0 aliphatic carbocycles. The van der Waals surface area contributed by atoms with Gasteiger partial charge in [0.1, 0.15) is 5.54 Å². The van der Waals surface area contributed by atoms with E-state index < -0.39 is 11.4 Å². The third-order valence-electron chi connectivity index (χ3n) is 6.72. The number of ether oxygens (including phenoxy) is 1. The largest absolute Gasteiger partial charge is 0.379 e. The van der Waals surface area contributed by atoms with Gasteiger partial charge in [-0.3, -0.25) is 14.6 Å². The molecule has 0 unspecified atom stereocenters. The topological polar surface area (TPSA) is 79.1 Å². The zero-order valence-corrected chi connectivity index (χ0v) is 17.4. The lowest BCUT2D eigenvalue weighted by Crippen LogP contribution is -2.53. The Morgan fingerprint density at radius 2 is 1.86 bits per heavy atom. The van der Waals surface area contributed by atoms with Crippen molar-refractivity contribution in [1.29, 1.82) is 0 Å². The van der Waals surface area contributed by atoms with Gasteiger partial charge in [0.2, 0.25) is 5.91 Å². The Morgan fingerprint density at radius 3 is 2.48 bits per heavy atom. The number of nitrogens with zero attached hydrogens (tertiary/aromatic N) is 3. The van der Waals surface area contributed by atoms with Crippen LogP contribution in [0.1, 0.15) is 32.3 Å². The van der Waals surface area contributed by atoms with Gasteiger partial charge in [0.05, 0.1) is 19.8 Å². The summed E-state index contributed by atoms with van der Waals surface area (Å²) < 4.78 is 5.43. The fraction of sp³-hybridized carbons (Fsp3) is 0.591. The number of amides is 3. The van der Waals surface area contributed by atoms with Crippen LogP contribution in [-0.2, 0) is 14.9 Å². The minimum absolute atomic E-state index is 0.0358. The van der Waals surface area contributed by atoms with Gasteiger partial charge in [-0.2, -0.15) is 0 Å². The van der Waals surface area contributed by atoms with Crippen LogP contribution < -0.4 is 10.6 Å². The maximum absolute atomic E-state index is 12.9. The van der Waals surface area contributed by atoms with E-state index in [1.165, 1.54) is 5.56 Å². The van der Waals surface area contributed by atoms with E-state index in [1.54, 1.807) is 9.80 Å². The second-order valence-corrected chi connectivity index (χ2v) is 8.94. The molecule has 3 saturated heterocycles. The fourth-order valence-corrected chi connectivity index (χ4v) is 4.63. The number of carbonyl (C=O) groups excluding carboxylic acids is 2. The number of carbonyl (C=O) groups is 2. The Hall–Kier alpha value is -2.12. The summed E-state index contributed by atoms with van der Waals surface area (Å²) in [4.78, 5) is 30.7. The molecule has 0 saturated carbocycles. The van der Waals surface area contributed by atoms with E-state index in [2.05, 4.69) is 30.9 Å². The summed E-state index contributed by atoms with van der Waals surface area (Å²) in [5, 5.41) is 0. The van der Waals surface area contributed by atoms with Crippen LogP contribution in [0.4, 0.5) is 10.5 Å². The summed E-state index contributed by atoms with van der Waals surface area (Å²) in [6.07, 6.45) is 3.65. The van der Waals surface area contributed by atoms with Crippen LogP contribution in [0, 0.1) is 6.42 Å². The van der Waals surface area contributed by atoms with Crippen LogP contribution in [0.15, 0.2) is 24.3 Å².